The summed E-state index contributed by atoms with van der Waals surface area (Å²) >= 11 is 0. The van der Waals surface area contributed by atoms with Crippen LogP contribution in [-0.4, -0.2) is 77.1 Å². The zero-order chi connectivity index (χ0) is 14.7. The molecule has 4 N–H and O–H groups in total. The van der Waals surface area contributed by atoms with E-state index in [9.17, 15) is 20.4 Å². The third kappa shape index (κ3) is 3.48. The van der Waals surface area contributed by atoms with Gasteiger partial charge < -0.3 is 34.6 Å². The molecule has 0 radical (unpaired) electrons. The first-order chi connectivity index (χ1) is 9.56. The highest BCUT2D eigenvalue weighted by atomic mass is 16.7. The topological polar surface area (TPSA) is 109 Å². The maximum Gasteiger partial charge on any atom is 0.158 e. The fraction of sp³-hybridized carbons (Fsp3) is 1.00. The summed E-state index contributed by atoms with van der Waals surface area (Å²) in [5, 5.41) is 38.1. The Bertz CT molecular complexity index is 298. The lowest BCUT2D eigenvalue weighted by atomic mass is 9.96. The normalized spacial score (nSPS) is 46.4. The third-order valence-corrected chi connectivity index (χ3v) is 4.07. The lowest BCUT2D eigenvalue weighted by molar-refractivity contribution is -0.288. The van der Waals surface area contributed by atoms with E-state index in [-0.39, 0.29) is 31.8 Å². The van der Waals surface area contributed by atoms with E-state index >= 15 is 0 Å². The van der Waals surface area contributed by atoms with Crippen molar-refractivity contribution in [1.29, 1.82) is 0 Å². The van der Waals surface area contributed by atoms with Gasteiger partial charge in [-0.2, -0.15) is 0 Å². The van der Waals surface area contributed by atoms with Gasteiger partial charge in [-0.15, -0.1) is 0 Å². The number of aliphatic hydroxyl groups excluding tert-OH is 4. The molecule has 7 nitrogen and oxygen atoms in total. The lowest BCUT2D eigenvalue weighted by Gasteiger charge is -2.41. The minimum atomic E-state index is -1.13. The van der Waals surface area contributed by atoms with Crippen LogP contribution >= 0.6 is 0 Å². The Kier molecular flexibility index (Phi) is 5.74. The maximum absolute atomic E-state index is 9.97. The monoisotopic (exact) mass is 292 g/mol. The van der Waals surface area contributed by atoms with E-state index < -0.39 is 30.7 Å². The molecule has 2 saturated heterocycles. The van der Waals surface area contributed by atoms with Crippen molar-refractivity contribution >= 4 is 0 Å². The highest BCUT2D eigenvalue weighted by molar-refractivity contribution is 4.88. The molecule has 7 heteroatoms. The van der Waals surface area contributed by atoms with E-state index in [1.807, 2.05) is 6.92 Å². The molecule has 0 aromatic carbocycles. The van der Waals surface area contributed by atoms with E-state index in [4.69, 9.17) is 14.2 Å². The van der Waals surface area contributed by atoms with Crippen LogP contribution in [0, 0.1) is 5.92 Å². The molecule has 118 valence electrons. The van der Waals surface area contributed by atoms with Crippen LogP contribution in [0.4, 0.5) is 0 Å². The average Bonchev–Trinajstić information content (AvgIpc) is 2.46. The summed E-state index contributed by atoms with van der Waals surface area (Å²) in [5.74, 6) is 0.242. The molecule has 2 aliphatic rings. The molecule has 2 fully saturated rings. The van der Waals surface area contributed by atoms with Gasteiger partial charge in [-0.05, 0) is 18.8 Å². The summed E-state index contributed by atoms with van der Waals surface area (Å²) in [4.78, 5) is 0. The smallest absolute Gasteiger partial charge is 0.158 e. The Morgan fingerprint density at radius 3 is 2.45 bits per heavy atom. The molecule has 0 aliphatic carbocycles. The Balaban J connectivity index is 1.96. The second-order valence-electron chi connectivity index (χ2n) is 5.55. The van der Waals surface area contributed by atoms with Crippen molar-refractivity contribution in [2.45, 2.75) is 56.6 Å². The SMILES string of the molecule is C[C@H]1CC[C@@H](O[C@@H]2C(CO)OCC(O)[C@@H]2O)OC1CO. The minimum absolute atomic E-state index is 0.0337. The third-order valence-electron chi connectivity index (χ3n) is 4.07. The summed E-state index contributed by atoms with van der Waals surface area (Å²) in [6, 6.07) is 0. The van der Waals surface area contributed by atoms with Crippen LogP contribution in [0.25, 0.3) is 0 Å². The zero-order valence-corrected chi connectivity index (χ0v) is 11.6. The molecule has 2 heterocycles. The van der Waals surface area contributed by atoms with Gasteiger partial charge in [0.1, 0.15) is 24.4 Å². The van der Waals surface area contributed by atoms with E-state index in [1.54, 1.807) is 0 Å². The van der Waals surface area contributed by atoms with Crippen molar-refractivity contribution in [1.82, 2.24) is 0 Å². The van der Waals surface area contributed by atoms with Crippen molar-refractivity contribution in [3.63, 3.8) is 0 Å². The summed E-state index contributed by atoms with van der Waals surface area (Å²) in [6.45, 7) is 1.57. The van der Waals surface area contributed by atoms with Crippen molar-refractivity contribution in [3.8, 4) is 0 Å². The van der Waals surface area contributed by atoms with Gasteiger partial charge in [-0.25, -0.2) is 0 Å². The zero-order valence-electron chi connectivity index (χ0n) is 11.6. The summed E-state index contributed by atoms with van der Waals surface area (Å²) in [6.07, 6.45) is -3.11. The highest BCUT2D eigenvalue weighted by Gasteiger charge is 2.42. The van der Waals surface area contributed by atoms with Gasteiger partial charge in [0.15, 0.2) is 6.29 Å². The van der Waals surface area contributed by atoms with E-state index in [2.05, 4.69) is 0 Å². The van der Waals surface area contributed by atoms with E-state index in [0.29, 0.717) is 6.42 Å². The predicted molar refractivity (Wildman–Crippen MR) is 67.9 cm³/mol. The van der Waals surface area contributed by atoms with Crippen LogP contribution in [-0.2, 0) is 14.2 Å². The van der Waals surface area contributed by atoms with Crippen LogP contribution < -0.4 is 0 Å². The summed E-state index contributed by atoms with van der Waals surface area (Å²) in [5.41, 5.74) is 0. The van der Waals surface area contributed by atoms with Gasteiger partial charge in [0.25, 0.3) is 0 Å². The quantitative estimate of drug-likeness (QED) is 0.505. The van der Waals surface area contributed by atoms with E-state index in [0.717, 1.165) is 6.42 Å². The van der Waals surface area contributed by atoms with Crippen molar-refractivity contribution in [2.75, 3.05) is 19.8 Å². The number of hydrogen-bond donors (Lipinski definition) is 4. The second-order valence-corrected chi connectivity index (χ2v) is 5.55. The number of rotatable bonds is 4. The molecule has 20 heavy (non-hydrogen) atoms. The molecule has 2 aliphatic heterocycles. The lowest BCUT2D eigenvalue weighted by Crippen LogP contribution is -2.57. The summed E-state index contributed by atoms with van der Waals surface area (Å²) < 4.78 is 16.5. The maximum atomic E-state index is 9.97. The molecule has 0 amide bonds. The number of aliphatic hydroxyl groups is 4. The average molecular weight is 292 g/mol. The van der Waals surface area contributed by atoms with Gasteiger partial charge in [0.05, 0.1) is 25.9 Å². The fourth-order valence-corrected chi connectivity index (χ4v) is 2.66. The molecule has 0 aromatic heterocycles. The van der Waals surface area contributed by atoms with Gasteiger partial charge in [-0.3, -0.25) is 0 Å². The molecular formula is C13H24O7. The molecule has 0 spiro atoms. The standard InChI is InChI=1S/C13H24O7/c1-7-2-3-11(19-9(7)4-14)20-13-10(5-15)18-6-8(16)12(13)17/h7-17H,2-6H2,1H3/t7-,8?,9?,10?,11+,12-,13+/m0/s1. The molecular weight excluding hydrogens is 268 g/mol. The van der Waals surface area contributed by atoms with Crippen molar-refractivity contribution in [2.24, 2.45) is 5.92 Å². The molecule has 0 bridgehead atoms. The van der Waals surface area contributed by atoms with Crippen LogP contribution in [0.1, 0.15) is 19.8 Å². The molecule has 0 saturated carbocycles. The fourth-order valence-electron chi connectivity index (χ4n) is 2.66. The largest absolute Gasteiger partial charge is 0.394 e. The number of ether oxygens (including phenoxy) is 3. The minimum Gasteiger partial charge on any atom is -0.394 e. The Morgan fingerprint density at radius 1 is 1.10 bits per heavy atom. The van der Waals surface area contributed by atoms with E-state index in [1.165, 1.54) is 0 Å². The molecule has 0 aromatic rings. The summed E-state index contributed by atoms with van der Waals surface area (Å²) in [7, 11) is 0. The molecule has 2 rings (SSSR count). The van der Waals surface area contributed by atoms with Crippen LogP contribution in [0.5, 0.6) is 0 Å². The highest BCUT2D eigenvalue weighted by Crippen LogP contribution is 2.28. The first kappa shape index (κ1) is 16.1. The van der Waals surface area contributed by atoms with Crippen molar-refractivity contribution < 1.29 is 34.6 Å². The van der Waals surface area contributed by atoms with Crippen LogP contribution in [0.2, 0.25) is 0 Å². The molecule has 7 atom stereocenters. The van der Waals surface area contributed by atoms with Gasteiger partial charge >= 0.3 is 0 Å². The van der Waals surface area contributed by atoms with Gasteiger partial charge in [0.2, 0.25) is 0 Å². The molecule has 3 unspecified atom stereocenters. The Morgan fingerprint density at radius 2 is 1.80 bits per heavy atom. The van der Waals surface area contributed by atoms with Gasteiger partial charge in [-0.1, -0.05) is 6.92 Å². The second kappa shape index (κ2) is 7.13. The number of hydrogen-bond acceptors (Lipinski definition) is 7. The first-order valence-electron chi connectivity index (χ1n) is 7.07. The predicted octanol–water partition coefficient (Wildman–Crippen LogP) is -1.38. The Labute approximate surface area is 118 Å². The van der Waals surface area contributed by atoms with Crippen LogP contribution in [0.3, 0.4) is 0 Å². The first-order valence-corrected chi connectivity index (χ1v) is 7.07. The van der Waals surface area contributed by atoms with Gasteiger partial charge in [0, 0.05) is 0 Å². The Hall–Kier alpha value is -0.280. The van der Waals surface area contributed by atoms with Crippen molar-refractivity contribution in [3.05, 3.63) is 0 Å². The van der Waals surface area contributed by atoms with Crippen LogP contribution in [0.15, 0.2) is 0 Å².